The zero-order valence-corrected chi connectivity index (χ0v) is 12.4. The van der Waals surface area contributed by atoms with Crippen molar-refractivity contribution in [3.8, 4) is 6.07 Å². The number of hydrogen-bond acceptors (Lipinski definition) is 3. The van der Waals surface area contributed by atoms with Gasteiger partial charge in [0.2, 0.25) is 0 Å². The van der Waals surface area contributed by atoms with Gasteiger partial charge < -0.3 is 0 Å². The van der Waals surface area contributed by atoms with Crippen LogP contribution in [0.25, 0.3) is 0 Å². The normalized spacial score (nSPS) is 11.0. The highest BCUT2D eigenvalue weighted by Crippen LogP contribution is 2.26. The maximum Gasteiger partial charge on any atom is 0.264 e. The van der Waals surface area contributed by atoms with Crippen LogP contribution in [0.4, 0.5) is 10.1 Å². The second-order valence-corrected chi connectivity index (χ2v) is 6.45. The van der Waals surface area contributed by atoms with Crippen molar-refractivity contribution < 1.29 is 12.8 Å². The molecule has 0 saturated heterocycles. The average molecular weight is 304 g/mol. The predicted octanol–water partition coefficient (Wildman–Crippen LogP) is 2.83. The van der Waals surface area contributed by atoms with Gasteiger partial charge in [-0.1, -0.05) is 18.2 Å². The fourth-order valence-corrected chi connectivity index (χ4v) is 3.38. The number of anilines is 1. The molecule has 108 valence electrons. The van der Waals surface area contributed by atoms with E-state index in [1.165, 1.54) is 37.4 Å². The van der Waals surface area contributed by atoms with Gasteiger partial charge in [0.1, 0.15) is 5.82 Å². The molecular weight excluding hydrogens is 291 g/mol. The molecule has 0 amide bonds. The van der Waals surface area contributed by atoms with E-state index in [9.17, 15) is 12.8 Å². The number of nitriles is 1. The van der Waals surface area contributed by atoms with Gasteiger partial charge in [0.05, 0.1) is 22.2 Å². The molecule has 0 spiro atoms. The minimum Gasteiger partial charge on any atom is -0.266 e. The van der Waals surface area contributed by atoms with E-state index in [1.54, 1.807) is 19.1 Å². The van der Waals surface area contributed by atoms with E-state index in [2.05, 4.69) is 0 Å². The lowest BCUT2D eigenvalue weighted by Gasteiger charge is -2.21. The SMILES string of the molecule is Cc1ccc(C#N)cc1S(=O)(=O)N(C)c1ccccc1F. The lowest BCUT2D eigenvalue weighted by molar-refractivity contribution is 0.589. The fourth-order valence-electron chi connectivity index (χ4n) is 1.93. The summed E-state index contributed by atoms with van der Waals surface area (Å²) in [4.78, 5) is -0.00713. The lowest BCUT2D eigenvalue weighted by Crippen LogP contribution is -2.28. The van der Waals surface area contributed by atoms with Crippen molar-refractivity contribution in [2.24, 2.45) is 0 Å². The molecule has 0 aliphatic carbocycles. The third-order valence-electron chi connectivity index (χ3n) is 3.15. The summed E-state index contributed by atoms with van der Waals surface area (Å²) in [7, 11) is -2.65. The number of para-hydroxylation sites is 1. The molecule has 0 aliphatic heterocycles. The van der Waals surface area contributed by atoms with Crippen molar-refractivity contribution in [1.82, 2.24) is 0 Å². The van der Waals surface area contributed by atoms with Crippen molar-refractivity contribution in [3.05, 3.63) is 59.4 Å². The molecule has 0 atom stereocenters. The van der Waals surface area contributed by atoms with E-state index >= 15 is 0 Å². The van der Waals surface area contributed by atoms with Gasteiger partial charge in [-0.2, -0.15) is 5.26 Å². The smallest absolute Gasteiger partial charge is 0.264 e. The number of rotatable bonds is 3. The van der Waals surface area contributed by atoms with Gasteiger partial charge in [0.15, 0.2) is 0 Å². The summed E-state index contributed by atoms with van der Waals surface area (Å²) in [6.07, 6.45) is 0. The van der Waals surface area contributed by atoms with Crippen molar-refractivity contribution in [2.45, 2.75) is 11.8 Å². The summed E-state index contributed by atoms with van der Waals surface area (Å²) in [6.45, 7) is 1.63. The molecule has 21 heavy (non-hydrogen) atoms. The summed E-state index contributed by atoms with van der Waals surface area (Å²) in [5, 5.41) is 8.90. The van der Waals surface area contributed by atoms with E-state index in [1.807, 2.05) is 6.07 Å². The topological polar surface area (TPSA) is 61.2 Å². The quantitative estimate of drug-likeness (QED) is 0.876. The summed E-state index contributed by atoms with van der Waals surface area (Å²) >= 11 is 0. The maximum absolute atomic E-state index is 13.8. The molecule has 0 bridgehead atoms. The third-order valence-corrected chi connectivity index (χ3v) is 5.06. The second-order valence-electron chi connectivity index (χ2n) is 4.52. The number of sulfonamides is 1. The largest absolute Gasteiger partial charge is 0.266 e. The first-order chi connectivity index (χ1) is 9.87. The molecule has 0 N–H and O–H groups in total. The van der Waals surface area contributed by atoms with Crippen molar-refractivity contribution in [2.75, 3.05) is 11.4 Å². The number of benzene rings is 2. The van der Waals surface area contributed by atoms with Gasteiger partial charge in [-0.15, -0.1) is 0 Å². The summed E-state index contributed by atoms with van der Waals surface area (Å²) < 4.78 is 39.9. The van der Waals surface area contributed by atoms with E-state index in [-0.39, 0.29) is 16.1 Å². The van der Waals surface area contributed by atoms with E-state index in [0.29, 0.717) is 5.56 Å². The average Bonchev–Trinajstić information content (AvgIpc) is 2.47. The molecule has 2 rings (SSSR count). The van der Waals surface area contributed by atoms with Crippen LogP contribution in [-0.4, -0.2) is 15.5 Å². The minimum atomic E-state index is -3.94. The Morgan fingerprint density at radius 1 is 1.19 bits per heavy atom. The standard InChI is InChI=1S/C15H13FN2O2S/c1-11-7-8-12(10-17)9-15(11)21(19,20)18(2)14-6-4-3-5-13(14)16/h3-9H,1-2H3. The summed E-state index contributed by atoms with van der Waals surface area (Å²) in [5.41, 5.74) is 0.692. The molecular formula is C15H13FN2O2S. The Morgan fingerprint density at radius 3 is 2.48 bits per heavy atom. The van der Waals surface area contributed by atoms with Crippen LogP contribution < -0.4 is 4.31 Å². The molecule has 0 aliphatic rings. The lowest BCUT2D eigenvalue weighted by atomic mass is 10.2. The van der Waals surface area contributed by atoms with Gasteiger partial charge in [-0.3, -0.25) is 4.31 Å². The zero-order valence-electron chi connectivity index (χ0n) is 11.5. The van der Waals surface area contributed by atoms with Gasteiger partial charge >= 0.3 is 0 Å². The Labute approximate surface area is 123 Å². The summed E-state index contributed by atoms with van der Waals surface area (Å²) in [6, 6.07) is 11.9. The highest BCUT2D eigenvalue weighted by Gasteiger charge is 2.25. The third kappa shape index (κ3) is 2.73. The van der Waals surface area contributed by atoms with Gasteiger partial charge in [0, 0.05) is 7.05 Å². The van der Waals surface area contributed by atoms with Crippen LogP contribution in [0.15, 0.2) is 47.4 Å². The van der Waals surface area contributed by atoms with E-state index < -0.39 is 15.8 Å². The van der Waals surface area contributed by atoms with Crippen LogP contribution in [0.2, 0.25) is 0 Å². The van der Waals surface area contributed by atoms with Crippen molar-refractivity contribution in [3.63, 3.8) is 0 Å². The molecule has 0 heterocycles. The van der Waals surface area contributed by atoms with Crippen molar-refractivity contribution >= 4 is 15.7 Å². The first kappa shape index (κ1) is 15.0. The molecule has 0 saturated carbocycles. The number of aryl methyl sites for hydroxylation is 1. The van der Waals surface area contributed by atoms with Crippen LogP contribution in [0.5, 0.6) is 0 Å². The number of halogens is 1. The number of hydrogen-bond donors (Lipinski definition) is 0. The molecule has 0 fully saturated rings. The van der Waals surface area contributed by atoms with Gasteiger partial charge in [-0.25, -0.2) is 12.8 Å². The Morgan fingerprint density at radius 2 is 1.86 bits per heavy atom. The van der Waals surface area contributed by atoms with E-state index in [0.717, 1.165) is 4.31 Å². The molecule has 0 aromatic heterocycles. The second kappa shape index (κ2) is 5.54. The zero-order chi connectivity index (χ0) is 15.6. The van der Waals surface area contributed by atoms with Crippen LogP contribution >= 0.6 is 0 Å². The van der Waals surface area contributed by atoms with Gasteiger partial charge in [0.25, 0.3) is 10.0 Å². The van der Waals surface area contributed by atoms with Crippen LogP contribution in [0, 0.1) is 24.1 Å². The minimum absolute atomic E-state index is 0.00713. The molecule has 2 aromatic rings. The Bertz CT molecular complexity index is 826. The van der Waals surface area contributed by atoms with Crippen LogP contribution in [0.1, 0.15) is 11.1 Å². The highest BCUT2D eigenvalue weighted by molar-refractivity contribution is 7.92. The molecule has 0 radical (unpaired) electrons. The molecule has 4 nitrogen and oxygen atoms in total. The van der Waals surface area contributed by atoms with Crippen molar-refractivity contribution in [1.29, 1.82) is 5.26 Å². The highest BCUT2D eigenvalue weighted by atomic mass is 32.2. The Kier molecular flexibility index (Phi) is 3.96. The molecule has 2 aromatic carbocycles. The van der Waals surface area contributed by atoms with Gasteiger partial charge in [-0.05, 0) is 36.8 Å². The van der Waals surface area contributed by atoms with Crippen LogP contribution in [-0.2, 0) is 10.0 Å². The monoisotopic (exact) mass is 304 g/mol. The number of nitrogens with zero attached hydrogens (tertiary/aromatic N) is 2. The Balaban J connectivity index is 2.58. The first-order valence-electron chi connectivity index (χ1n) is 6.12. The first-order valence-corrected chi connectivity index (χ1v) is 7.56. The fraction of sp³-hybridized carbons (Fsp3) is 0.133. The molecule has 6 heteroatoms. The van der Waals surface area contributed by atoms with E-state index in [4.69, 9.17) is 5.26 Å². The van der Waals surface area contributed by atoms with Crippen LogP contribution in [0.3, 0.4) is 0 Å². The predicted molar refractivity (Wildman–Crippen MR) is 77.9 cm³/mol. The Hall–Kier alpha value is -2.39. The molecule has 0 unspecified atom stereocenters. The maximum atomic E-state index is 13.8. The summed E-state index contributed by atoms with van der Waals surface area (Å²) in [5.74, 6) is -0.627.